The van der Waals surface area contributed by atoms with Crippen LogP contribution in [0, 0.1) is 0 Å². The fourth-order valence-electron chi connectivity index (χ4n) is 1.93. The predicted molar refractivity (Wildman–Crippen MR) is 78.9 cm³/mol. The molecule has 0 bridgehead atoms. The minimum atomic E-state index is -0.346. The number of rotatable bonds is 8. The van der Waals surface area contributed by atoms with Gasteiger partial charge in [0.05, 0.1) is 13.5 Å². The maximum Gasteiger partial charge on any atom is 0.307 e. The molecule has 5 nitrogen and oxygen atoms in total. The molecular formula is C16H21NO4. The molecule has 0 heterocycles. The van der Waals surface area contributed by atoms with Gasteiger partial charge in [-0.3, -0.25) is 14.4 Å². The van der Waals surface area contributed by atoms with Gasteiger partial charge in [-0.1, -0.05) is 30.3 Å². The van der Waals surface area contributed by atoms with E-state index in [-0.39, 0.29) is 36.9 Å². The van der Waals surface area contributed by atoms with Gasteiger partial charge in [-0.15, -0.1) is 0 Å². The molecule has 0 aliphatic heterocycles. The standard InChI is InChI=1S/C16H21NO4/c1-3-17(12-11-16(20)21-2)15(19)10-9-14(18)13-7-5-4-6-8-13/h4-8H,3,9-12H2,1-2H3. The van der Waals surface area contributed by atoms with E-state index in [2.05, 4.69) is 4.74 Å². The summed E-state index contributed by atoms with van der Waals surface area (Å²) in [4.78, 5) is 36.6. The number of amides is 1. The Morgan fingerprint density at radius 1 is 1.05 bits per heavy atom. The highest BCUT2D eigenvalue weighted by Crippen LogP contribution is 2.07. The van der Waals surface area contributed by atoms with E-state index in [0.29, 0.717) is 18.7 Å². The number of carbonyl (C=O) groups excluding carboxylic acids is 3. The van der Waals surface area contributed by atoms with Gasteiger partial charge in [0.25, 0.3) is 0 Å². The van der Waals surface area contributed by atoms with Gasteiger partial charge in [0, 0.05) is 31.5 Å². The fourth-order valence-corrected chi connectivity index (χ4v) is 1.93. The number of ketones is 1. The van der Waals surface area contributed by atoms with Crippen LogP contribution in [0.1, 0.15) is 36.5 Å². The molecule has 0 radical (unpaired) electrons. The first-order valence-electron chi connectivity index (χ1n) is 7.01. The zero-order chi connectivity index (χ0) is 15.7. The van der Waals surface area contributed by atoms with Crippen LogP contribution >= 0.6 is 0 Å². The lowest BCUT2D eigenvalue weighted by Crippen LogP contribution is -2.33. The van der Waals surface area contributed by atoms with Crippen LogP contribution in [-0.4, -0.2) is 42.8 Å². The highest BCUT2D eigenvalue weighted by molar-refractivity contribution is 5.97. The maximum atomic E-state index is 12.0. The molecule has 0 aliphatic carbocycles. The van der Waals surface area contributed by atoms with Gasteiger partial charge in [-0.25, -0.2) is 0 Å². The Kier molecular flexibility index (Phi) is 7.15. The lowest BCUT2D eigenvalue weighted by atomic mass is 10.1. The molecule has 0 aliphatic rings. The molecule has 1 rings (SSSR count). The molecule has 0 aromatic heterocycles. The smallest absolute Gasteiger partial charge is 0.307 e. The van der Waals surface area contributed by atoms with E-state index < -0.39 is 0 Å². The minimum Gasteiger partial charge on any atom is -0.469 e. The van der Waals surface area contributed by atoms with E-state index in [4.69, 9.17) is 0 Å². The van der Waals surface area contributed by atoms with Crippen LogP contribution in [0.25, 0.3) is 0 Å². The summed E-state index contributed by atoms with van der Waals surface area (Å²) >= 11 is 0. The van der Waals surface area contributed by atoms with Crippen LogP contribution in [0.15, 0.2) is 30.3 Å². The third kappa shape index (κ3) is 5.77. The van der Waals surface area contributed by atoms with Gasteiger partial charge in [0.15, 0.2) is 5.78 Å². The van der Waals surface area contributed by atoms with Crippen LogP contribution in [0.5, 0.6) is 0 Å². The normalized spacial score (nSPS) is 10.0. The van der Waals surface area contributed by atoms with Crippen molar-refractivity contribution in [2.75, 3.05) is 20.2 Å². The zero-order valence-electron chi connectivity index (χ0n) is 12.5. The van der Waals surface area contributed by atoms with Crippen molar-refractivity contribution < 1.29 is 19.1 Å². The number of Topliss-reactive ketones (excluding diaryl/α,β-unsaturated/α-hetero) is 1. The van der Waals surface area contributed by atoms with Gasteiger partial charge in [0.1, 0.15) is 0 Å². The monoisotopic (exact) mass is 291 g/mol. The van der Waals surface area contributed by atoms with Crippen molar-refractivity contribution in [2.24, 2.45) is 0 Å². The fraction of sp³-hybridized carbons (Fsp3) is 0.438. The van der Waals surface area contributed by atoms with Crippen molar-refractivity contribution in [3.63, 3.8) is 0 Å². The number of benzene rings is 1. The number of esters is 1. The highest BCUT2D eigenvalue weighted by Gasteiger charge is 2.15. The van der Waals surface area contributed by atoms with Crippen molar-refractivity contribution >= 4 is 17.7 Å². The Morgan fingerprint density at radius 2 is 1.71 bits per heavy atom. The van der Waals surface area contributed by atoms with Crippen molar-refractivity contribution in [3.05, 3.63) is 35.9 Å². The Bertz CT molecular complexity index is 484. The Hall–Kier alpha value is -2.17. The molecule has 0 N–H and O–H groups in total. The van der Waals surface area contributed by atoms with E-state index in [1.54, 1.807) is 29.2 Å². The summed E-state index contributed by atoms with van der Waals surface area (Å²) in [6, 6.07) is 8.91. The average Bonchev–Trinajstić information content (AvgIpc) is 2.53. The Morgan fingerprint density at radius 3 is 2.29 bits per heavy atom. The Labute approximate surface area is 124 Å². The average molecular weight is 291 g/mol. The summed E-state index contributed by atoms with van der Waals surface area (Å²) in [6.07, 6.45) is 0.503. The van der Waals surface area contributed by atoms with E-state index in [1.165, 1.54) is 7.11 Å². The molecule has 0 saturated carbocycles. The van der Waals surface area contributed by atoms with Gasteiger partial charge in [-0.05, 0) is 6.92 Å². The topological polar surface area (TPSA) is 63.7 Å². The molecule has 1 aromatic rings. The molecule has 114 valence electrons. The second-order valence-electron chi connectivity index (χ2n) is 4.59. The second kappa shape index (κ2) is 8.89. The largest absolute Gasteiger partial charge is 0.469 e. The summed E-state index contributed by atoms with van der Waals surface area (Å²) in [7, 11) is 1.32. The number of ether oxygens (including phenoxy) is 1. The van der Waals surface area contributed by atoms with Gasteiger partial charge in [0.2, 0.25) is 5.91 Å². The van der Waals surface area contributed by atoms with Crippen molar-refractivity contribution in [2.45, 2.75) is 26.2 Å². The van der Waals surface area contributed by atoms with E-state index in [1.807, 2.05) is 13.0 Å². The summed E-state index contributed by atoms with van der Waals surface area (Å²) in [5.74, 6) is -0.514. The first-order chi connectivity index (χ1) is 10.1. The minimum absolute atomic E-state index is 0.0482. The van der Waals surface area contributed by atoms with E-state index >= 15 is 0 Å². The number of methoxy groups -OCH3 is 1. The molecule has 21 heavy (non-hydrogen) atoms. The zero-order valence-corrected chi connectivity index (χ0v) is 12.5. The van der Waals surface area contributed by atoms with E-state index in [0.717, 1.165) is 0 Å². The van der Waals surface area contributed by atoms with Crippen molar-refractivity contribution in [1.82, 2.24) is 4.90 Å². The molecule has 0 spiro atoms. The van der Waals surface area contributed by atoms with Crippen LogP contribution < -0.4 is 0 Å². The first-order valence-corrected chi connectivity index (χ1v) is 7.01. The molecular weight excluding hydrogens is 270 g/mol. The highest BCUT2D eigenvalue weighted by atomic mass is 16.5. The third-order valence-corrected chi connectivity index (χ3v) is 3.21. The van der Waals surface area contributed by atoms with Crippen molar-refractivity contribution in [1.29, 1.82) is 0 Å². The molecule has 0 atom stereocenters. The lowest BCUT2D eigenvalue weighted by Gasteiger charge is -2.20. The Balaban J connectivity index is 2.44. The van der Waals surface area contributed by atoms with Crippen molar-refractivity contribution in [3.8, 4) is 0 Å². The number of carbonyl (C=O) groups is 3. The lowest BCUT2D eigenvalue weighted by molar-refractivity contribution is -0.141. The van der Waals surface area contributed by atoms with E-state index in [9.17, 15) is 14.4 Å². The van der Waals surface area contributed by atoms with Crippen LogP contribution in [0.3, 0.4) is 0 Å². The summed E-state index contributed by atoms with van der Waals surface area (Å²) in [5, 5.41) is 0. The molecule has 0 fully saturated rings. The molecule has 1 aromatic carbocycles. The van der Waals surface area contributed by atoms with Crippen LogP contribution in [-0.2, 0) is 14.3 Å². The summed E-state index contributed by atoms with van der Waals surface area (Å²) in [6.45, 7) is 2.67. The first kappa shape index (κ1) is 16.9. The van der Waals surface area contributed by atoms with Crippen LogP contribution in [0.2, 0.25) is 0 Å². The van der Waals surface area contributed by atoms with Crippen LogP contribution in [0.4, 0.5) is 0 Å². The quantitative estimate of drug-likeness (QED) is 0.543. The van der Waals surface area contributed by atoms with Gasteiger partial charge >= 0.3 is 5.97 Å². The van der Waals surface area contributed by atoms with Gasteiger partial charge in [-0.2, -0.15) is 0 Å². The SMILES string of the molecule is CCN(CCC(=O)OC)C(=O)CCC(=O)c1ccccc1. The molecule has 1 amide bonds. The molecule has 5 heteroatoms. The predicted octanol–water partition coefficient (Wildman–Crippen LogP) is 2.06. The maximum absolute atomic E-state index is 12.0. The van der Waals surface area contributed by atoms with Gasteiger partial charge < -0.3 is 9.64 Å². The number of nitrogens with zero attached hydrogens (tertiary/aromatic N) is 1. The number of hydrogen-bond acceptors (Lipinski definition) is 4. The summed E-state index contributed by atoms with van der Waals surface area (Å²) in [5.41, 5.74) is 0.614. The summed E-state index contributed by atoms with van der Waals surface area (Å²) < 4.78 is 4.55. The molecule has 0 saturated heterocycles. The number of hydrogen-bond donors (Lipinski definition) is 0. The third-order valence-electron chi connectivity index (χ3n) is 3.21. The second-order valence-corrected chi connectivity index (χ2v) is 4.59. The molecule has 0 unspecified atom stereocenters.